The molecule has 11 heavy (non-hydrogen) atoms. The van der Waals surface area contributed by atoms with Crippen molar-refractivity contribution < 1.29 is 0 Å². The molecule has 0 spiro atoms. The van der Waals surface area contributed by atoms with Gasteiger partial charge in [0.15, 0.2) is 0 Å². The third kappa shape index (κ3) is 1.49. The minimum absolute atomic E-state index is 0.125. The van der Waals surface area contributed by atoms with Gasteiger partial charge in [0.2, 0.25) is 0 Å². The molecule has 4 heteroatoms. The molecule has 0 aliphatic carbocycles. The van der Waals surface area contributed by atoms with Gasteiger partial charge in [0, 0.05) is 13.5 Å². The Kier molecular flexibility index (Phi) is 2.12. The summed E-state index contributed by atoms with van der Waals surface area (Å²) in [6, 6.07) is 0. The molecule has 0 saturated heterocycles. The van der Waals surface area contributed by atoms with Crippen LogP contribution in [0.15, 0.2) is 11.1 Å². The highest BCUT2D eigenvalue weighted by Crippen LogP contribution is 1.80. The van der Waals surface area contributed by atoms with E-state index in [1.54, 1.807) is 7.05 Å². The van der Waals surface area contributed by atoms with Gasteiger partial charge in [0.25, 0.3) is 0 Å². The normalized spacial score (nSPS) is 9.45. The molecule has 58 valence electrons. The third-order valence-electron chi connectivity index (χ3n) is 1.35. The number of terminal acetylenes is 1. The van der Waals surface area contributed by atoms with Gasteiger partial charge in [0.1, 0.15) is 6.33 Å². The van der Waals surface area contributed by atoms with E-state index in [0.717, 1.165) is 0 Å². The van der Waals surface area contributed by atoms with Crippen molar-refractivity contribution in [3.63, 3.8) is 0 Å². The lowest BCUT2D eigenvalue weighted by molar-refractivity contribution is 0.598. The first-order valence-electron chi connectivity index (χ1n) is 3.27. The van der Waals surface area contributed by atoms with Crippen LogP contribution in [-0.4, -0.2) is 14.3 Å². The van der Waals surface area contributed by atoms with Crippen LogP contribution in [0.3, 0.4) is 0 Å². The molecule has 1 aromatic rings. The van der Waals surface area contributed by atoms with E-state index in [-0.39, 0.29) is 5.69 Å². The van der Waals surface area contributed by atoms with Crippen molar-refractivity contribution in [1.82, 2.24) is 14.3 Å². The summed E-state index contributed by atoms with van der Waals surface area (Å²) in [4.78, 5) is 11.1. The Labute approximate surface area is 64.5 Å². The lowest BCUT2D eigenvalue weighted by Gasteiger charge is -1.91. The molecule has 0 fully saturated rings. The Morgan fingerprint density at radius 2 is 2.55 bits per heavy atom. The smallest absolute Gasteiger partial charge is 0.285 e. The first-order chi connectivity index (χ1) is 5.25. The summed E-state index contributed by atoms with van der Waals surface area (Å²) in [6.07, 6.45) is 7.04. The predicted molar refractivity (Wildman–Crippen MR) is 40.9 cm³/mol. The fourth-order valence-electron chi connectivity index (χ4n) is 0.744. The SMILES string of the molecule is C#CCCn1ncn(C)c1=O. The van der Waals surface area contributed by atoms with Gasteiger partial charge in [0.05, 0.1) is 6.54 Å². The molecule has 0 saturated carbocycles. The molecular weight excluding hydrogens is 142 g/mol. The van der Waals surface area contributed by atoms with Crippen LogP contribution in [-0.2, 0) is 13.6 Å². The molecule has 0 radical (unpaired) electrons. The average Bonchev–Trinajstić information content (AvgIpc) is 2.31. The first kappa shape index (κ1) is 7.61. The van der Waals surface area contributed by atoms with E-state index in [4.69, 9.17) is 6.42 Å². The molecular formula is C7H9N3O. The molecule has 0 N–H and O–H groups in total. The number of hydrogen-bond acceptors (Lipinski definition) is 2. The van der Waals surface area contributed by atoms with Crippen molar-refractivity contribution in [2.24, 2.45) is 7.05 Å². The van der Waals surface area contributed by atoms with Crippen molar-refractivity contribution in [2.75, 3.05) is 0 Å². The molecule has 0 amide bonds. The second kappa shape index (κ2) is 3.06. The summed E-state index contributed by atoms with van der Waals surface area (Å²) in [7, 11) is 1.65. The maximum absolute atomic E-state index is 11.1. The Morgan fingerprint density at radius 3 is 3.00 bits per heavy atom. The van der Waals surface area contributed by atoms with Crippen molar-refractivity contribution in [1.29, 1.82) is 0 Å². The summed E-state index contributed by atoms with van der Waals surface area (Å²) in [5.41, 5.74) is -0.125. The lowest BCUT2D eigenvalue weighted by atomic mass is 10.4. The van der Waals surface area contributed by atoms with E-state index in [9.17, 15) is 4.79 Å². The van der Waals surface area contributed by atoms with Gasteiger partial charge in [-0.25, -0.2) is 9.48 Å². The summed E-state index contributed by atoms with van der Waals surface area (Å²) in [5.74, 6) is 2.44. The fraction of sp³-hybridized carbons (Fsp3) is 0.429. The van der Waals surface area contributed by atoms with Crippen molar-refractivity contribution in [3.8, 4) is 12.3 Å². The number of aryl methyl sites for hydroxylation is 2. The third-order valence-corrected chi connectivity index (χ3v) is 1.35. The topological polar surface area (TPSA) is 39.8 Å². The second-order valence-corrected chi connectivity index (χ2v) is 2.20. The molecule has 1 rings (SSSR count). The van der Waals surface area contributed by atoms with E-state index in [1.807, 2.05) is 0 Å². The Balaban J connectivity index is 2.81. The molecule has 4 nitrogen and oxygen atoms in total. The van der Waals surface area contributed by atoms with Crippen LogP contribution >= 0.6 is 0 Å². The lowest BCUT2D eigenvalue weighted by Crippen LogP contribution is -2.22. The van der Waals surface area contributed by atoms with Gasteiger partial charge < -0.3 is 0 Å². The van der Waals surface area contributed by atoms with Crippen LogP contribution in [0.2, 0.25) is 0 Å². The van der Waals surface area contributed by atoms with Crippen LogP contribution in [0.1, 0.15) is 6.42 Å². The van der Waals surface area contributed by atoms with Gasteiger partial charge in [-0.2, -0.15) is 5.10 Å². The summed E-state index contributed by atoms with van der Waals surface area (Å²) < 4.78 is 2.76. The van der Waals surface area contributed by atoms with Gasteiger partial charge in [-0.3, -0.25) is 4.57 Å². The molecule has 0 atom stereocenters. The van der Waals surface area contributed by atoms with E-state index >= 15 is 0 Å². The fourth-order valence-corrected chi connectivity index (χ4v) is 0.744. The molecule has 1 heterocycles. The maximum Gasteiger partial charge on any atom is 0.345 e. The second-order valence-electron chi connectivity index (χ2n) is 2.20. The zero-order valence-corrected chi connectivity index (χ0v) is 6.32. The standard InChI is InChI=1S/C7H9N3O/c1-3-4-5-10-7(11)9(2)6-8-10/h1,6H,4-5H2,2H3. The van der Waals surface area contributed by atoms with Crippen LogP contribution < -0.4 is 5.69 Å². The minimum atomic E-state index is -0.125. The maximum atomic E-state index is 11.1. The van der Waals surface area contributed by atoms with Gasteiger partial charge in [-0.05, 0) is 0 Å². The monoisotopic (exact) mass is 151 g/mol. The van der Waals surface area contributed by atoms with Crippen molar-refractivity contribution in [3.05, 3.63) is 16.8 Å². The zero-order chi connectivity index (χ0) is 8.27. The van der Waals surface area contributed by atoms with Crippen LogP contribution in [0.4, 0.5) is 0 Å². The molecule has 0 aliphatic heterocycles. The van der Waals surface area contributed by atoms with Crippen LogP contribution in [0.25, 0.3) is 0 Å². The average molecular weight is 151 g/mol. The summed E-state index contributed by atoms with van der Waals surface area (Å²) >= 11 is 0. The first-order valence-corrected chi connectivity index (χ1v) is 3.27. The molecule has 0 unspecified atom stereocenters. The zero-order valence-electron chi connectivity index (χ0n) is 6.32. The number of hydrogen-bond donors (Lipinski definition) is 0. The molecule has 0 bridgehead atoms. The Bertz CT molecular complexity index is 328. The Morgan fingerprint density at radius 1 is 1.82 bits per heavy atom. The number of aromatic nitrogens is 3. The number of rotatable bonds is 2. The summed E-state index contributed by atoms with van der Waals surface area (Å²) in [5, 5.41) is 3.82. The van der Waals surface area contributed by atoms with Crippen LogP contribution in [0, 0.1) is 12.3 Å². The van der Waals surface area contributed by atoms with E-state index in [0.29, 0.717) is 13.0 Å². The Hall–Kier alpha value is -1.50. The highest BCUT2D eigenvalue weighted by Gasteiger charge is 1.97. The quantitative estimate of drug-likeness (QED) is 0.540. The van der Waals surface area contributed by atoms with E-state index in [2.05, 4.69) is 11.0 Å². The molecule has 0 aromatic carbocycles. The largest absolute Gasteiger partial charge is 0.345 e. The summed E-state index contributed by atoms with van der Waals surface area (Å²) in [6.45, 7) is 0.496. The van der Waals surface area contributed by atoms with Crippen molar-refractivity contribution in [2.45, 2.75) is 13.0 Å². The number of nitrogens with zero attached hydrogens (tertiary/aromatic N) is 3. The highest BCUT2D eigenvalue weighted by molar-refractivity contribution is 4.83. The molecule has 1 aromatic heterocycles. The van der Waals surface area contributed by atoms with Gasteiger partial charge in [-0.15, -0.1) is 12.3 Å². The van der Waals surface area contributed by atoms with Crippen LogP contribution in [0.5, 0.6) is 0 Å². The highest BCUT2D eigenvalue weighted by atomic mass is 16.2. The predicted octanol–water partition coefficient (Wildman–Crippen LogP) is -0.395. The van der Waals surface area contributed by atoms with Gasteiger partial charge >= 0.3 is 5.69 Å². The van der Waals surface area contributed by atoms with Gasteiger partial charge in [-0.1, -0.05) is 0 Å². The van der Waals surface area contributed by atoms with E-state index < -0.39 is 0 Å². The minimum Gasteiger partial charge on any atom is -0.285 e. The van der Waals surface area contributed by atoms with Crippen molar-refractivity contribution >= 4 is 0 Å². The molecule has 0 aliphatic rings. The van der Waals surface area contributed by atoms with E-state index in [1.165, 1.54) is 15.6 Å².